The van der Waals surface area contributed by atoms with E-state index in [-0.39, 0.29) is 5.97 Å². The van der Waals surface area contributed by atoms with E-state index >= 15 is 0 Å². The second kappa shape index (κ2) is 6.32. The standard InChI is InChI=1S/C10H10BrIO3/c1-14-10(13)7-2-3-8(12)9(6-7)15-5-4-11/h2-3,6H,4-5H2,1H3. The Morgan fingerprint density at radius 1 is 1.53 bits per heavy atom. The summed E-state index contributed by atoms with van der Waals surface area (Å²) in [5.74, 6) is 0.355. The van der Waals surface area contributed by atoms with E-state index in [4.69, 9.17) is 4.74 Å². The fraction of sp³-hybridized carbons (Fsp3) is 0.300. The highest BCUT2D eigenvalue weighted by Crippen LogP contribution is 2.22. The molecule has 0 saturated carbocycles. The van der Waals surface area contributed by atoms with Crippen LogP contribution in [0, 0.1) is 3.57 Å². The smallest absolute Gasteiger partial charge is 0.337 e. The molecule has 0 amide bonds. The maximum atomic E-state index is 11.3. The maximum absolute atomic E-state index is 11.3. The number of halogens is 2. The number of rotatable bonds is 4. The molecule has 0 aliphatic heterocycles. The van der Waals surface area contributed by atoms with Crippen LogP contribution in [0.5, 0.6) is 5.75 Å². The number of esters is 1. The molecule has 0 aromatic heterocycles. The third-order valence-electron chi connectivity index (χ3n) is 1.69. The average Bonchev–Trinajstić information content (AvgIpc) is 2.27. The van der Waals surface area contributed by atoms with Crippen molar-refractivity contribution in [1.82, 2.24) is 0 Å². The lowest BCUT2D eigenvalue weighted by molar-refractivity contribution is 0.0600. The molecule has 0 spiro atoms. The highest BCUT2D eigenvalue weighted by Gasteiger charge is 2.09. The van der Waals surface area contributed by atoms with Crippen LogP contribution in [0.1, 0.15) is 10.4 Å². The summed E-state index contributed by atoms with van der Waals surface area (Å²) < 4.78 is 11.1. The molecular formula is C10H10BrIO3. The molecule has 0 saturated heterocycles. The zero-order valence-corrected chi connectivity index (χ0v) is 11.9. The summed E-state index contributed by atoms with van der Waals surface area (Å²) in [5, 5.41) is 0.755. The third-order valence-corrected chi connectivity index (χ3v) is 2.90. The third kappa shape index (κ3) is 3.64. The molecule has 0 aliphatic rings. The zero-order valence-electron chi connectivity index (χ0n) is 8.13. The molecule has 0 N–H and O–H groups in total. The van der Waals surface area contributed by atoms with E-state index in [9.17, 15) is 4.79 Å². The quantitative estimate of drug-likeness (QED) is 0.455. The van der Waals surface area contributed by atoms with Gasteiger partial charge in [-0.1, -0.05) is 15.9 Å². The Kier molecular flexibility index (Phi) is 5.38. The van der Waals surface area contributed by atoms with Gasteiger partial charge in [-0.3, -0.25) is 0 Å². The number of benzene rings is 1. The predicted molar refractivity (Wildman–Crippen MR) is 69.8 cm³/mol. The molecule has 1 rings (SSSR count). The largest absolute Gasteiger partial charge is 0.492 e. The first-order valence-electron chi connectivity index (χ1n) is 4.25. The second-order valence-corrected chi connectivity index (χ2v) is 4.63. The average molecular weight is 385 g/mol. The van der Waals surface area contributed by atoms with E-state index in [1.807, 2.05) is 6.07 Å². The van der Waals surface area contributed by atoms with E-state index in [0.717, 1.165) is 8.90 Å². The summed E-state index contributed by atoms with van der Waals surface area (Å²) in [6, 6.07) is 5.24. The predicted octanol–water partition coefficient (Wildman–Crippen LogP) is 2.85. The Bertz CT molecular complexity index is 355. The number of carbonyl (C=O) groups excluding carboxylic acids is 1. The van der Waals surface area contributed by atoms with Crippen LogP contribution in [0.15, 0.2) is 18.2 Å². The highest BCUT2D eigenvalue weighted by molar-refractivity contribution is 14.1. The molecule has 15 heavy (non-hydrogen) atoms. The van der Waals surface area contributed by atoms with Gasteiger partial charge >= 0.3 is 5.97 Å². The molecule has 0 atom stereocenters. The summed E-state index contributed by atoms with van der Waals surface area (Å²) in [7, 11) is 1.36. The number of hydrogen-bond donors (Lipinski definition) is 0. The molecular weight excluding hydrogens is 375 g/mol. The van der Waals surface area contributed by atoms with Crippen molar-refractivity contribution in [3.63, 3.8) is 0 Å². The van der Waals surface area contributed by atoms with E-state index < -0.39 is 0 Å². The molecule has 0 unspecified atom stereocenters. The first-order valence-corrected chi connectivity index (χ1v) is 6.45. The maximum Gasteiger partial charge on any atom is 0.337 e. The Morgan fingerprint density at radius 3 is 2.87 bits per heavy atom. The fourth-order valence-electron chi connectivity index (χ4n) is 1.01. The van der Waals surface area contributed by atoms with Crippen molar-refractivity contribution in [1.29, 1.82) is 0 Å². The van der Waals surface area contributed by atoms with E-state index in [1.165, 1.54) is 7.11 Å². The molecule has 0 fully saturated rings. The molecule has 1 aromatic carbocycles. The molecule has 1 aromatic rings. The zero-order chi connectivity index (χ0) is 11.3. The minimum absolute atomic E-state index is 0.352. The van der Waals surface area contributed by atoms with Gasteiger partial charge in [-0.15, -0.1) is 0 Å². The van der Waals surface area contributed by atoms with Gasteiger partial charge in [0.15, 0.2) is 0 Å². The summed E-state index contributed by atoms with van der Waals surface area (Å²) in [4.78, 5) is 11.3. The Morgan fingerprint density at radius 2 is 2.27 bits per heavy atom. The van der Waals surface area contributed by atoms with Crippen LogP contribution >= 0.6 is 38.5 Å². The molecule has 0 bridgehead atoms. The summed E-state index contributed by atoms with van der Waals surface area (Å²) in [5.41, 5.74) is 0.502. The number of hydrogen-bond acceptors (Lipinski definition) is 3. The number of methoxy groups -OCH3 is 1. The van der Waals surface area contributed by atoms with Crippen molar-refractivity contribution in [2.75, 3.05) is 19.0 Å². The monoisotopic (exact) mass is 384 g/mol. The van der Waals surface area contributed by atoms with Gasteiger partial charge in [0, 0.05) is 5.33 Å². The molecule has 3 nitrogen and oxygen atoms in total. The lowest BCUT2D eigenvalue weighted by Crippen LogP contribution is -2.04. The van der Waals surface area contributed by atoms with Crippen LogP contribution in [0.3, 0.4) is 0 Å². The van der Waals surface area contributed by atoms with Crippen molar-refractivity contribution < 1.29 is 14.3 Å². The summed E-state index contributed by atoms with van der Waals surface area (Å²) in [6.07, 6.45) is 0. The van der Waals surface area contributed by atoms with Crippen molar-refractivity contribution in [2.45, 2.75) is 0 Å². The van der Waals surface area contributed by atoms with Gasteiger partial charge in [0.05, 0.1) is 22.9 Å². The van der Waals surface area contributed by atoms with Crippen molar-refractivity contribution >= 4 is 44.5 Å². The van der Waals surface area contributed by atoms with Gasteiger partial charge in [0.25, 0.3) is 0 Å². The summed E-state index contributed by atoms with van der Waals surface area (Å²) >= 11 is 5.43. The van der Waals surface area contributed by atoms with Gasteiger partial charge in [-0.05, 0) is 40.8 Å². The molecule has 5 heteroatoms. The topological polar surface area (TPSA) is 35.5 Å². The number of alkyl halides is 1. The molecule has 0 radical (unpaired) electrons. The number of ether oxygens (including phenoxy) is 2. The van der Waals surface area contributed by atoms with Gasteiger partial charge in [0.1, 0.15) is 5.75 Å². The van der Waals surface area contributed by atoms with Crippen molar-refractivity contribution in [2.24, 2.45) is 0 Å². The Balaban J connectivity index is 2.89. The van der Waals surface area contributed by atoms with Crippen LogP contribution in [-0.2, 0) is 4.74 Å². The Labute approximate surface area is 110 Å². The summed E-state index contributed by atoms with van der Waals surface area (Å²) in [6.45, 7) is 0.570. The van der Waals surface area contributed by atoms with Crippen LogP contribution < -0.4 is 4.74 Å². The lowest BCUT2D eigenvalue weighted by atomic mass is 10.2. The SMILES string of the molecule is COC(=O)c1ccc(I)c(OCCBr)c1. The van der Waals surface area contributed by atoms with Crippen LogP contribution in [0.2, 0.25) is 0 Å². The molecule has 82 valence electrons. The van der Waals surface area contributed by atoms with Crippen molar-refractivity contribution in [3.8, 4) is 5.75 Å². The van der Waals surface area contributed by atoms with Gasteiger partial charge in [0.2, 0.25) is 0 Å². The van der Waals surface area contributed by atoms with Crippen molar-refractivity contribution in [3.05, 3.63) is 27.3 Å². The van der Waals surface area contributed by atoms with Crippen LogP contribution in [0.4, 0.5) is 0 Å². The normalized spacial score (nSPS) is 9.80. The minimum Gasteiger partial charge on any atom is -0.492 e. The fourth-order valence-corrected chi connectivity index (χ4v) is 1.66. The highest BCUT2D eigenvalue weighted by atomic mass is 127. The van der Waals surface area contributed by atoms with E-state index in [0.29, 0.717) is 17.9 Å². The lowest BCUT2D eigenvalue weighted by Gasteiger charge is -2.08. The van der Waals surface area contributed by atoms with E-state index in [2.05, 4.69) is 43.3 Å². The van der Waals surface area contributed by atoms with Crippen LogP contribution in [0.25, 0.3) is 0 Å². The molecule has 0 aliphatic carbocycles. The van der Waals surface area contributed by atoms with E-state index in [1.54, 1.807) is 12.1 Å². The molecule has 0 heterocycles. The van der Waals surface area contributed by atoms with Gasteiger partial charge in [-0.25, -0.2) is 4.79 Å². The minimum atomic E-state index is -0.352. The first kappa shape index (κ1) is 12.8. The van der Waals surface area contributed by atoms with Gasteiger partial charge < -0.3 is 9.47 Å². The first-order chi connectivity index (χ1) is 7.19. The van der Waals surface area contributed by atoms with Crippen LogP contribution in [-0.4, -0.2) is 25.0 Å². The second-order valence-electron chi connectivity index (χ2n) is 2.67. The van der Waals surface area contributed by atoms with Gasteiger partial charge in [-0.2, -0.15) is 0 Å². The Hall–Kier alpha value is -0.300. The number of carbonyl (C=O) groups is 1.